The first-order chi connectivity index (χ1) is 12.6. The zero-order valence-electron chi connectivity index (χ0n) is 15.0. The van der Waals surface area contributed by atoms with Crippen LogP contribution < -0.4 is 4.90 Å². The number of aromatic amines is 1. The molecule has 1 fully saturated rings. The van der Waals surface area contributed by atoms with Gasteiger partial charge in [-0.05, 0) is 42.8 Å². The molecule has 0 amide bonds. The fourth-order valence-corrected chi connectivity index (χ4v) is 3.75. The topological polar surface area (TPSA) is 42.5 Å². The van der Waals surface area contributed by atoms with E-state index in [1.165, 1.54) is 23.4 Å². The van der Waals surface area contributed by atoms with Gasteiger partial charge in [-0.15, -0.1) is 0 Å². The van der Waals surface area contributed by atoms with Crippen molar-refractivity contribution >= 4 is 16.6 Å². The van der Waals surface area contributed by atoms with E-state index >= 15 is 0 Å². The molecule has 0 radical (unpaired) electrons. The number of nitrogens with zero attached hydrogens (tertiary/aromatic N) is 2. The minimum absolute atomic E-state index is 0.280. The zero-order chi connectivity index (χ0) is 18.1. The third-order valence-corrected chi connectivity index (χ3v) is 5.21. The largest absolute Gasteiger partial charge is 0.387 e. The van der Waals surface area contributed by atoms with Crippen LogP contribution in [0.3, 0.4) is 0 Å². The molecule has 2 aromatic carbocycles. The Bertz CT molecular complexity index is 899. The van der Waals surface area contributed by atoms with Gasteiger partial charge in [0, 0.05) is 61.1 Å². The number of H-pyrrole nitrogens is 1. The minimum Gasteiger partial charge on any atom is -0.387 e. The van der Waals surface area contributed by atoms with Crippen LogP contribution in [-0.2, 0) is 0 Å². The molecule has 4 rings (SSSR count). The molecule has 26 heavy (non-hydrogen) atoms. The number of piperazine rings is 1. The number of halogens is 1. The highest BCUT2D eigenvalue weighted by Crippen LogP contribution is 2.26. The molecule has 0 bridgehead atoms. The summed E-state index contributed by atoms with van der Waals surface area (Å²) in [6.07, 6.45) is 1.16. The minimum atomic E-state index is -0.629. The Morgan fingerprint density at radius 2 is 1.92 bits per heavy atom. The molecule has 1 saturated heterocycles. The zero-order valence-corrected chi connectivity index (χ0v) is 15.0. The summed E-state index contributed by atoms with van der Waals surface area (Å²) in [6, 6.07) is 13.2. The first-order valence-electron chi connectivity index (χ1n) is 9.09. The third-order valence-electron chi connectivity index (χ3n) is 5.21. The standard InChI is InChI=1S/C21H24FN3O/c1-15-3-2-4-17(11-15)25-9-7-24(8-10-25)14-21(26)19-13-23-20-6-5-16(22)12-18(19)20/h2-6,11-13,21,23,26H,7-10,14H2,1H3. The van der Waals surface area contributed by atoms with Gasteiger partial charge in [0.1, 0.15) is 5.82 Å². The molecule has 136 valence electrons. The molecule has 0 spiro atoms. The second kappa shape index (κ2) is 7.09. The van der Waals surface area contributed by atoms with Gasteiger partial charge in [-0.3, -0.25) is 4.90 Å². The average molecular weight is 353 g/mol. The summed E-state index contributed by atoms with van der Waals surface area (Å²) in [5.41, 5.74) is 4.15. The molecule has 2 N–H and O–H groups in total. The van der Waals surface area contributed by atoms with Crippen molar-refractivity contribution in [2.24, 2.45) is 0 Å². The number of hydrogen-bond acceptors (Lipinski definition) is 3. The van der Waals surface area contributed by atoms with E-state index in [4.69, 9.17) is 0 Å². The number of hydrogen-bond donors (Lipinski definition) is 2. The summed E-state index contributed by atoms with van der Waals surface area (Å²) in [4.78, 5) is 7.77. The van der Waals surface area contributed by atoms with Gasteiger partial charge in [0.2, 0.25) is 0 Å². The Morgan fingerprint density at radius 3 is 2.69 bits per heavy atom. The van der Waals surface area contributed by atoms with Crippen molar-refractivity contribution in [1.82, 2.24) is 9.88 Å². The summed E-state index contributed by atoms with van der Waals surface area (Å²) in [5, 5.41) is 11.4. The van der Waals surface area contributed by atoms with Crippen molar-refractivity contribution in [2.75, 3.05) is 37.6 Å². The van der Waals surface area contributed by atoms with Crippen molar-refractivity contribution in [3.8, 4) is 0 Å². The molecule has 0 aliphatic carbocycles. The van der Waals surface area contributed by atoms with E-state index in [1.807, 2.05) is 0 Å². The Balaban J connectivity index is 1.40. The Hall–Kier alpha value is -2.37. The number of aliphatic hydroxyl groups excluding tert-OH is 1. The molecular weight excluding hydrogens is 329 g/mol. The van der Waals surface area contributed by atoms with Crippen LogP contribution >= 0.6 is 0 Å². The molecule has 2 heterocycles. The third kappa shape index (κ3) is 3.45. The molecule has 4 nitrogen and oxygen atoms in total. The second-order valence-electron chi connectivity index (χ2n) is 7.08. The predicted molar refractivity (Wildman–Crippen MR) is 103 cm³/mol. The lowest BCUT2D eigenvalue weighted by molar-refractivity contribution is 0.110. The van der Waals surface area contributed by atoms with E-state index in [-0.39, 0.29) is 5.82 Å². The van der Waals surface area contributed by atoms with Crippen LogP contribution in [0.5, 0.6) is 0 Å². The van der Waals surface area contributed by atoms with E-state index in [1.54, 1.807) is 12.3 Å². The van der Waals surface area contributed by atoms with Crippen LogP contribution in [0.25, 0.3) is 10.9 Å². The van der Waals surface area contributed by atoms with Gasteiger partial charge in [0.15, 0.2) is 0 Å². The molecule has 1 aliphatic heterocycles. The predicted octanol–water partition coefficient (Wildman–Crippen LogP) is 3.47. The highest BCUT2D eigenvalue weighted by atomic mass is 19.1. The van der Waals surface area contributed by atoms with Gasteiger partial charge in [-0.2, -0.15) is 0 Å². The van der Waals surface area contributed by atoms with Crippen LogP contribution in [0.2, 0.25) is 0 Å². The number of anilines is 1. The van der Waals surface area contributed by atoms with Gasteiger partial charge in [0.25, 0.3) is 0 Å². The number of nitrogens with one attached hydrogen (secondary N) is 1. The maximum absolute atomic E-state index is 13.5. The van der Waals surface area contributed by atoms with Gasteiger partial charge in [0.05, 0.1) is 6.10 Å². The number of fused-ring (bicyclic) bond motifs is 1. The number of benzene rings is 2. The van der Waals surface area contributed by atoms with Crippen LogP contribution in [0.4, 0.5) is 10.1 Å². The van der Waals surface area contributed by atoms with Crippen molar-refractivity contribution < 1.29 is 9.50 Å². The monoisotopic (exact) mass is 353 g/mol. The van der Waals surface area contributed by atoms with E-state index in [2.05, 4.69) is 46.0 Å². The number of aromatic nitrogens is 1. The fourth-order valence-electron chi connectivity index (χ4n) is 3.75. The van der Waals surface area contributed by atoms with Crippen molar-refractivity contribution in [2.45, 2.75) is 13.0 Å². The highest BCUT2D eigenvalue weighted by molar-refractivity contribution is 5.83. The van der Waals surface area contributed by atoms with E-state index < -0.39 is 6.10 Å². The van der Waals surface area contributed by atoms with Gasteiger partial charge < -0.3 is 15.0 Å². The first-order valence-corrected chi connectivity index (χ1v) is 9.09. The normalized spacial score (nSPS) is 17.0. The van der Waals surface area contributed by atoms with Crippen LogP contribution in [-0.4, -0.2) is 47.7 Å². The fraction of sp³-hybridized carbons (Fsp3) is 0.333. The molecular formula is C21H24FN3O. The number of aryl methyl sites for hydroxylation is 1. The Kier molecular flexibility index (Phi) is 4.66. The lowest BCUT2D eigenvalue weighted by Gasteiger charge is -2.37. The molecule has 1 aliphatic rings. The van der Waals surface area contributed by atoms with Crippen molar-refractivity contribution in [3.05, 3.63) is 65.6 Å². The summed E-state index contributed by atoms with van der Waals surface area (Å²) >= 11 is 0. The summed E-state index contributed by atoms with van der Waals surface area (Å²) in [6.45, 7) is 6.37. The molecule has 0 saturated carbocycles. The number of aliphatic hydroxyl groups is 1. The maximum Gasteiger partial charge on any atom is 0.123 e. The lowest BCUT2D eigenvalue weighted by atomic mass is 10.1. The highest BCUT2D eigenvalue weighted by Gasteiger charge is 2.21. The molecule has 1 unspecified atom stereocenters. The van der Waals surface area contributed by atoms with Gasteiger partial charge >= 0.3 is 0 Å². The van der Waals surface area contributed by atoms with E-state index in [0.717, 1.165) is 42.6 Å². The molecule has 5 heteroatoms. The maximum atomic E-state index is 13.5. The summed E-state index contributed by atoms with van der Waals surface area (Å²) in [5.74, 6) is -0.280. The van der Waals surface area contributed by atoms with Gasteiger partial charge in [-0.1, -0.05) is 12.1 Å². The summed E-state index contributed by atoms with van der Waals surface area (Å²) < 4.78 is 13.5. The molecule has 1 aromatic heterocycles. The quantitative estimate of drug-likeness (QED) is 0.755. The second-order valence-corrected chi connectivity index (χ2v) is 7.08. The first kappa shape index (κ1) is 17.1. The number of rotatable bonds is 4. The van der Waals surface area contributed by atoms with Crippen LogP contribution in [0, 0.1) is 12.7 Å². The SMILES string of the molecule is Cc1cccc(N2CCN(CC(O)c3c[nH]c4ccc(F)cc34)CC2)c1. The van der Waals surface area contributed by atoms with Crippen LogP contribution in [0.1, 0.15) is 17.2 Å². The van der Waals surface area contributed by atoms with Crippen LogP contribution in [0.15, 0.2) is 48.7 Å². The lowest BCUT2D eigenvalue weighted by Crippen LogP contribution is -2.47. The number of β-amino-alcohol motifs (C(OH)–C–C–N with tert-alkyl or cyclic N) is 1. The molecule has 3 aromatic rings. The Morgan fingerprint density at radius 1 is 1.12 bits per heavy atom. The van der Waals surface area contributed by atoms with E-state index in [9.17, 15) is 9.50 Å². The van der Waals surface area contributed by atoms with Crippen molar-refractivity contribution in [3.63, 3.8) is 0 Å². The van der Waals surface area contributed by atoms with Gasteiger partial charge in [-0.25, -0.2) is 4.39 Å². The van der Waals surface area contributed by atoms with Crippen molar-refractivity contribution in [1.29, 1.82) is 0 Å². The van der Waals surface area contributed by atoms with E-state index in [0.29, 0.717) is 6.54 Å². The average Bonchev–Trinajstić information content (AvgIpc) is 3.05. The Labute approximate surface area is 152 Å². The smallest absolute Gasteiger partial charge is 0.123 e. The summed E-state index contributed by atoms with van der Waals surface area (Å²) in [7, 11) is 0. The molecule has 1 atom stereocenters.